The second-order valence-corrected chi connectivity index (χ2v) is 4.60. The van der Waals surface area contributed by atoms with Gasteiger partial charge in [-0.25, -0.2) is 4.68 Å². The van der Waals surface area contributed by atoms with Gasteiger partial charge in [-0.1, -0.05) is 0 Å². The van der Waals surface area contributed by atoms with Gasteiger partial charge in [-0.15, -0.1) is 0 Å². The first kappa shape index (κ1) is 10.8. The summed E-state index contributed by atoms with van der Waals surface area (Å²) in [6, 6.07) is 7.01. The molecule has 0 bridgehead atoms. The number of primary amides is 1. The van der Waals surface area contributed by atoms with Crippen molar-refractivity contribution >= 4 is 11.6 Å². The summed E-state index contributed by atoms with van der Waals surface area (Å²) in [5.41, 5.74) is 13.9. The minimum Gasteiger partial charge on any atom is -0.397 e. The number of nitrogens with zero attached hydrogens (tertiary/aromatic N) is 2. The quantitative estimate of drug-likeness (QED) is 0.798. The molecule has 1 aliphatic carbocycles. The van der Waals surface area contributed by atoms with Crippen molar-refractivity contribution in [1.82, 2.24) is 9.78 Å². The maximum atomic E-state index is 11.0. The van der Waals surface area contributed by atoms with Crippen molar-refractivity contribution in [2.45, 2.75) is 18.8 Å². The number of aromatic nitrogens is 2. The maximum absolute atomic E-state index is 11.0. The van der Waals surface area contributed by atoms with Gasteiger partial charge in [0.05, 0.1) is 17.1 Å². The number of carbonyl (C=O) groups is 1. The zero-order chi connectivity index (χ0) is 12.7. The summed E-state index contributed by atoms with van der Waals surface area (Å²) in [4.78, 5) is 11.0. The number of hydrogen-bond donors (Lipinski definition) is 2. The topological polar surface area (TPSA) is 86.9 Å². The van der Waals surface area contributed by atoms with E-state index in [-0.39, 0.29) is 0 Å². The van der Waals surface area contributed by atoms with Gasteiger partial charge < -0.3 is 11.5 Å². The Bertz CT molecular complexity index is 613. The van der Waals surface area contributed by atoms with Crippen LogP contribution in [0.25, 0.3) is 5.69 Å². The van der Waals surface area contributed by atoms with Gasteiger partial charge in [0.25, 0.3) is 0 Å². The molecule has 0 atom stereocenters. The molecule has 0 radical (unpaired) electrons. The highest BCUT2D eigenvalue weighted by atomic mass is 16.1. The molecular weight excluding hydrogens is 228 g/mol. The van der Waals surface area contributed by atoms with Crippen LogP contribution in [0.4, 0.5) is 5.69 Å². The summed E-state index contributed by atoms with van der Waals surface area (Å²) in [6.45, 7) is 0. The smallest absolute Gasteiger partial charge is 0.248 e. The van der Waals surface area contributed by atoms with Crippen LogP contribution >= 0.6 is 0 Å². The van der Waals surface area contributed by atoms with Gasteiger partial charge in [-0.3, -0.25) is 4.79 Å². The van der Waals surface area contributed by atoms with E-state index in [2.05, 4.69) is 5.10 Å². The van der Waals surface area contributed by atoms with Crippen LogP contribution in [-0.2, 0) is 0 Å². The third kappa shape index (κ3) is 1.84. The fourth-order valence-electron chi connectivity index (χ4n) is 1.99. The van der Waals surface area contributed by atoms with Gasteiger partial charge in [0.1, 0.15) is 0 Å². The van der Waals surface area contributed by atoms with E-state index in [4.69, 9.17) is 11.5 Å². The molecule has 0 spiro atoms. The van der Waals surface area contributed by atoms with E-state index in [1.165, 1.54) is 12.8 Å². The SMILES string of the molecule is NC(=O)c1ccc(-n2ccc(C3CC3)n2)c(N)c1. The molecule has 1 aliphatic rings. The van der Waals surface area contributed by atoms with Crippen molar-refractivity contribution in [2.75, 3.05) is 5.73 Å². The first-order chi connectivity index (χ1) is 8.65. The van der Waals surface area contributed by atoms with Gasteiger partial charge in [0.2, 0.25) is 5.91 Å². The van der Waals surface area contributed by atoms with E-state index in [0.717, 1.165) is 11.4 Å². The van der Waals surface area contributed by atoms with Gasteiger partial charge >= 0.3 is 0 Å². The Balaban J connectivity index is 1.97. The Morgan fingerprint density at radius 1 is 1.33 bits per heavy atom. The average Bonchev–Trinajstić information content (AvgIpc) is 3.08. The Labute approximate surface area is 104 Å². The molecule has 1 aromatic heterocycles. The van der Waals surface area contributed by atoms with Gasteiger partial charge in [0.15, 0.2) is 0 Å². The van der Waals surface area contributed by atoms with Gasteiger partial charge in [0, 0.05) is 17.7 Å². The van der Waals surface area contributed by atoms with Crippen LogP contribution in [0, 0.1) is 0 Å². The molecular formula is C13H14N4O. The minimum absolute atomic E-state index is 0.408. The van der Waals surface area contributed by atoms with E-state index in [1.807, 2.05) is 12.3 Å². The van der Waals surface area contributed by atoms with Crippen LogP contribution in [0.3, 0.4) is 0 Å². The molecule has 4 N–H and O–H groups in total. The Hall–Kier alpha value is -2.30. The lowest BCUT2D eigenvalue weighted by atomic mass is 10.1. The molecule has 1 saturated carbocycles. The lowest BCUT2D eigenvalue weighted by Crippen LogP contribution is -2.12. The van der Waals surface area contributed by atoms with Gasteiger partial charge in [-0.2, -0.15) is 5.10 Å². The van der Waals surface area contributed by atoms with Crippen molar-refractivity contribution < 1.29 is 4.79 Å². The molecule has 0 aliphatic heterocycles. The van der Waals surface area contributed by atoms with E-state index in [1.54, 1.807) is 22.9 Å². The lowest BCUT2D eigenvalue weighted by molar-refractivity contribution is 0.100. The molecule has 92 valence electrons. The standard InChI is InChI=1S/C13H14N4O/c14-10-7-9(13(15)18)3-4-12(10)17-6-5-11(16-17)8-1-2-8/h3-8H,1-2,14H2,(H2,15,18). The Morgan fingerprint density at radius 2 is 2.11 bits per heavy atom. The number of benzene rings is 1. The molecule has 0 unspecified atom stereocenters. The lowest BCUT2D eigenvalue weighted by Gasteiger charge is -2.06. The summed E-state index contributed by atoms with van der Waals surface area (Å²) in [6.07, 6.45) is 4.32. The number of hydrogen-bond acceptors (Lipinski definition) is 3. The third-order valence-electron chi connectivity index (χ3n) is 3.16. The van der Waals surface area contributed by atoms with Gasteiger partial charge in [-0.05, 0) is 37.1 Å². The van der Waals surface area contributed by atoms with Crippen LogP contribution in [0.15, 0.2) is 30.5 Å². The van der Waals surface area contributed by atoms with Crippen molar-refractivity contribution in [2.24, 2.45) is 5.73 Å². The summed E-state index contributed by atoms with van der Waals surface area (Å²) < 4.78 is 1.74. The van der Waals surface area contributed by atoms with Crippen molar-refractivity contribution in [3.8, 4) is 5.69 Å². The predicted octanol–water partition coefficient (Wildman–Crippen LogP) is 1.43. The second-order valence-electron chi connectivity index (χ2n) is 4.60. The van der Waals surface area contributed by atoms with Crippen LogP contribution in [0.5, 0.6) is 0 Å². The van der Waals surface area contributed by atoms with Crippen LogP contribution < -0.4 is 11.5 Å². The number of carbonyl (C=O) groups excluding carboxylic acids is 1. The highest BCUT2D eigenvalue weighted by Crippen LogP contribution is 2.39. The average molecular weight is 242 g/mol. The van der Waals surface area contributed by atoms with Crippen LogP contribution in [-0.4, -0.2) is 15.7 Å². The molecule has 1 heterocycles. The van der Waals surface area contributed by atoms with Crippen molar-refractivity contribution in [3.63, 3.8) is 0 Å². The third-order valence-corrected chi connectivity index (χ3v) is 3.16. The number of rotatable bonds is 3. The van der Waals surface area contributed by atoms with Crippen molar-refractivity contribution in [3.05, 3.63) is 41.7 Å². The van der Waals surface area contributed by atoms with E-state index in [9.17, 15) is 4.79 Å². The summed E-state index contributed by atoms with van der Waals surface area (Å²) in [5.74, 6) is 0.129. The molecule has 18 heavy (non-hydrogen) atoms. The minimum atomic E-state index is -0.479. The van der Waals surface area contributed by atoms with Crippen LogP contribution in [0.1, 0.15) is 34.8 Å². The molecule has 1 fully saturated rings. The largest absolute Gasteiger partial charge is 0.397 e. The Morgan fingerprint density at radius 3 is 2.72 bits per heavy atom. The molecule has 5 nitrogen and oxygen atoms in total. The Kier molecular flexibility index (Phi) is 2.33. The molecule has 2 aromatic rings. The second kappa shape index (κ2) is 3.87. The van der Waals surface area contributed by atoms with E-state index < -0.39 is 5.91 Å². The molecule has 1 amide bonds. The summed E-state index contributed by atoms with van der Waals surface area (Å²) >= 11 is 0. The number of anilines is 1. The number of amides is 1. The molecule has 5 heteroatoms. The van der Waals surface area contributed by atoms with Crippen LogP contribution in [0.2, 0.25) is 0 Å². The monoisotopic (exact) mass is 242 g/mol. The summed E-state index contributed by atoms with van der Waals surface area (Å²) in [7, 11) is 0. The van der Waals surface area contributed by atoms with Crippen molar-refractivity contribution in [1.29, 1.82) is 0 Å². The fraction of sp³-hybridized carbons (Fsp3) is 0.231. The maximum Gasteiger partial charge on any atom is 0.248 e. The zero-order valence-electron chi connectivity index (χ0n) is 9.84. The number of nitrogens with two attached hydrogens (primary N) is 2. The molecule has 3 rings (SSSR count). The highest BCUT2D eigenvalue weighted by Gasteiger charge is 2.26. The highest BCUT2D eigenvalue weighted by molar-refractivity contribution is 5.94. The first-order valence-electron chi connectivity index (χ1n) is 5.90. The predicted molar refractivity (Wildman–Crippen MR) is 68.5 cm³/mol. The number of nitrogen functional groups attached to an aromatic ring is 1. The first-order valence-corrected chi connectivity index (χ1v) is 5.90. The fourth-order valence-corrected chi connectivity index (χ4v) is 1.99. The molecule has 0 saturated heterocycles. The molecule has 1 aromatic carbocycles. The normalized spacial score (nSPS) is 14.7. The van der Waals surface area contributed by atoms with E-state index in [0.29, 0.717) is 17.2 Å². The zero-order valence-corrected chi connectivity index (χ0v) is 9.84. The van der Waals surface area contributed by atoms with E-state index >= 15 is 0 Å². The summed E-state index contributed by atoms with van der Waals surface area (Å²) in [5, 5.41) is 4.50.